The molecule has 3 nitrogen and oxygen atoms in total. The molecule has 0 aliphatic heterocycles. The maximum absolute atomic E-state index is 10.1. The quantitative estimate of drug-likeness (QED) is 0.213. The highest BCUT2D eigenvalue weighted by Gasteiger charge is 2.30. The molecule has 0 radical (unpaired) electrons. The van der Waals surface area contributed by atoms with E-state index in [4.69, 9.17) is 4.42 Å². The number of aromatic nitrogens is 1. The molecule has 5 aromatic rings. The van der Waals surface area contributed by atoms with Gasteiger partial charge in [-0.3, -0.25) is 0 Å². The molecule has 0 saturated heterocycles. The van der Waals surface area contributed by atoms with E-state index in [9.17, 15) is 5.26 Å². The van der Waals surface area contributed by atoms with E-state index in [0.717, 1.165) is 56.2 Å². The van der Waals surface area contributed by atoms with Crippen LogP contribution in [0.2, 0.25) is 0 Å². The molecule has 7 rings (SSSR count). The van der Waals surface area contributed by atoms with Crippen LogP contribution in [0.25, 0.3) is 44.3 Å². The molecule has 2 atom stereocenters. The smallest absolute Gasteiger partial charge is 0.216 e. The third-order valence-electron chi connectivity index (χ3n) is 10.2. The first kappa shape index (κ1) is 26.0. The second-order valence-electron chi connectivity index (χ2n) is 12.6. The van der Waals surface area contributed by atoms with Crippen LogP contribution in [0.15, 0.2) is 77.3 Å². The molecular formula is C38H39N2O+. The van der Waals surface area contributed by atoms with E-state index in [2.05, 4.69) is 85.4 Å². The molecule has 2 aliphatic rings. The minimum atomic E-state index is 0.652. The Hall–Kier alpha value is -3.90. The van der Waals surface area contributed by atoms with Gasteiger partial charge in [0.05, 0.1) is 17.2 Å². The Balaban J connectivity index is 1.29. The summed E-state index contributed by atoms with van der Waals surface area (Å²) in [5.74, 6) is 2.49. The Morgan fingerprint density at radius 1 is 0.756 bits per heavy atom. The predicted molar refractivity (Wildman–Crippen MR) is 166 cm³/mol. The summed E-state index contributed by atoms with van der Waals surface area (Å²) in [6, 6.07) is 26.2. The maximum Gasteiger partial charge on any atom is 0.216 e. The molecule has 2 unspecified atom stereocenters. The van der Waals surface area contributed by atoms with Crippen LogP contribution < -0.4 is 4.57 Å². The summed E-state index contributed by atoms with van der Waals surface area (Å²) in [7, 11) is 2.07. The van der Waals surface area contributed by atoms with Gasteiger partial charge in [0.2, 0.25) is 5.69 Å². The number of benzene rings is 3. The average Bonchev–Trinajstić information content (AvgIpc) is 3.40. The number of pyridine rings is 1. The molecule has 3 aromatic carbocycles. The number of fused-ring (bicyclic) bond motifs is 3. The summed E-state index contributed by atoms with van der Waals surface area (Å²) < 4.78 is 8.90. The van der Waals surface area contributed by atoms with E-state index in [1.807, 2.05) is 12.1 Å². The van der Waals surface area contributed by atoms with Crippen LogP contribution in [0.5, 0.6) is 0 Å². The van der Waals surface area contributed by atoms with E-state index in [0.29, 0.717) is 11.5 Å². The fourth-order valence-corrected chi connectivity index (χ4v) is 7.97. The number of nitriles is 1. The molecule has 41 heavy (non-hydrogen) atoms. The van der Waals surface area contributed by atoms with Gasteiger partial charge < -0.3 is 4.42 Å². The van der Waals surface area contributed by atoms with Gasteiger partial charge in [0.1, 0.15) is 18.2 Å². The number of nitrogens with zero attached hydrogens (tertiary/aromatic N) is 2. The molecule has 0 amide bonds. The van der Waals surface area contributed by atoms with Crippen LogP contribution in [0.4, 0.5) is 0 Å². The summed E-state index contributed by atoms with van der Waals surface area (Å²) in [5, 5.41) is 12.3. The number of furan rings is 1. The Labute approximate surface area is 243 Å². The minimum absolute atomic E-state index is 0.652. The van der Waals surface area contributed by atoms with Crippen LogP contribution in [0, 0.1) is 30.1 Å². The molecule has 0 spiro atoms. The van der Waals surface area contributed by atoms with Gasteiger partial charge in [-0.15, -0.1) is 0 Å². The zero-order valence-corrected chi connectivity index (χ0v) is 24.3. The van der Waals surface area contributed by atoms with Crippen LogP contribution >= 0.6 is 0 Å². The highest BCUT2D eigenvalue weighted by Crippen LogP contribution is 2.45. The van der Waals surface area contributed by atoms with Gasteiger partial charge in [0.15, 0.2) is 6.20 Å². The highest BCUT2D eigenvalue weighted by molar-refractivity contribution is 6.14. The van der Waals surface area contributed by atoms with Crippen molar-refractivity contribution >= 4 is 21.9 Å². The lowest BCUT2D eigenvalue weighted by Crippen LogP contribution is -2.30. The second-order valence-corrected chi connectivity index (χ2v) is 12.6. The van der Waals surface area contributed by atoms with Crippen molar-refractivity contribution in [3.05, 3.63) is 89.6 Å². The number of aryl methyl sites for hydroxylation is 2. The van der Waals surface area contributed by atoms with Gasteiger partial charge >= 0.3 is 0 Å². The highest BCUT2D eigenvalue weighted by atomic mass is 16.3. The van der Waals surface area contributed by atoms with Gasteiger partial charge in [0.25, 0.3) is 0 Å². The fourth-order valence-electron chi connectivity index (χ4n) is 7.97. The lowest BCUT2D eigenvalue weighted by Gasteiger charge is -2.36. The van der Waals surface area contributed by atoms with E-state index >= 15 is 0 Å². The van der Waals surface area contributed by atoms with Crippen LogP contribution in [-0.4, -0.2) is 0 Å². The number of rotatable bonds is 4. The van der Waals surface area contributed by atoms with Gasteiger partial charge in [-0.2, -0.15) is 5.26 Å². The Bertz CT molecular complexity index is 1760. The molecule has 2 aliphatic carbocycles. The monoisotopic (exact) mass is 539 g/mol. The summed E-state index contributed by atoms with van der Waals surface area (Å²) >= 11 is 0. The standard InChI is InChI=1S/C38H39N2O/c1-25-14-20-32-33-21-19-31(24-39)36(38(33)41-37(32)35(25)34-13-6-7-22-40(34)2)28-17-15-27(16-18-28)30-12-8-11-29(23-30)26-9-4-3-5-10-26/h6-7,13-22,26,29-30H,3-5,8-12,23H2,1-2H3/q+1. The third kappa shape index (κ3) is 4.64. The minimum Gasteiger partial charge on any atom is -0.454 e. The van der Waals surface area contributed by atoms with Crippen molar-refractivity contribution in [1.29, 1.82) is 5.26 Å². The molecule has 206 valence electrons. The SMILES string of the molecule is Cc1ccc2c(oc3c(-c4ccc(C5CCCC(C6CCCCC6)C5)cc4)c(C#N)ccc32)c1-c1cccc[n+]1C. The molecule has 2 fully saturated rings. The second kappa shape index (κ2) is 10.8. The summed E-state index contributed by atoms with van der Waals surface area (Å²) in [4.78, 5) is 0. The van der Waals surface area contributed by atoms with Gasteiger partial charge in [0, 0.05) is 28.5 Å². The van der Waals surface area contributed by atoms with E-state index in [-0.39, 0.29) is 0 Å². The first-order valence-electron chi connectivity index (χ1n) is 15.6. The van der Waals surface area contributed by atoms with Crippen molar-refractivity contribution in [2.75, 3.05) is 0 Å². The summed E-state index contributed by atoms with van der Waals surface area (Å²) in [6.07, 6.45) is 14.7. The third-order valence-corrected chi connectivity index (χ3v) is 10.2. The molecule has 2 saturated carbocycles. The Morgan fingerprint density at radius 3 is 2.24 bits per heavy atom. The lowest BCUT2D eigenvalue weighted by atomic mass is 9.69. The van der Waals surface area contributed by atoms with E-state index in [1.54, 1.807) is 0 Å². The van der Waals surface area contributed by atoms with Crippen molar-refractivity contribution in [2.45, 2.75) is 70.6 Å². The van der Waals surface area contributed by atoms with Gasteiger partial charge in [-0.05, 0) is 72.4 Å². The number of hydrogen-bond donors (Lipinski definition) is 0. The lowest BCUT2D eigenvalue weighted by molar-refractivity contribution is -0.660. The summed E-state index contributed by atoms with van der Waals surface area (Å²) in [5.41, 5.74) is 9.13. The van der Waals surface area contributed by atoms with Gasteiger partial charge in [-0.25, -0.2) is 4.57 Å². The topological polar surface area (TPSA) is 40.8 Å². The van der Waals surface area contributed by atoms with Crippen LogP contribution in [0.3, 0.4) is 0 Å². The maximum atomic E-state index is 10.1. The first-order chi connectivity index (χ1) is 20.1. The van der Waals surface area contributed by atoms with Crippen molar-refractivity contribution in [3.63, 3.8) is 0 Å². The van der Waals surface area contributed by atoms with Crippen LogP contribution in [-0.2, 0) is 7.05 Å². The zero-order valence-electron chi connectivity index (χ0n) is 24.3. The predicted octanol–water partition coefficient (Wildman–Crippen LogP) is 9.78. The molecule has 0 bridgehead atoms. The molecule has 2 heterocycles. The van der Waals surface area contributed by atoms with Crippen molar-refractivity contribution in [3.8, 4) is 28.5 Å². The Kier molecular flexibility index (Phi) is 6.87. The molecular weight excluding hydrogens is 500 g/mol. The number of hydrogen-bond acceptors (Lipinski definition) is 2. The van der Waals surface area contributed by atoms with Crippen molar-refractivity contribution in [1.82, 2.24) is 0 Å². The van der Waals surface area contributed by atoms with Crippen molar-refractivity contribution < 1.29 is 8.98 Å². The zero-order chi connectivity index (χ0) is 27.9. The molecule has 3 heteroatoms. The largest absolute Gasteiger partial charge is 0.454 e. The van der Waals surface area contributed by atoms with Gasteiger partial charge in [-0.1, -0.05) is 81.3 Å². The average molecular weight is 540 g/mol. The Morgan fingerprint density at radius 2 is 1.49 bits per heavy atom. The first-order valence-corrected chi connectivity index (χ1v) is 15.6. The fraction of sp³-hybridized carbons (Fsp3) is 0.368. The molecule has 0 N–H and O–H groups in total. The van der Waals surface area contributed by atoms with Crippen molar-refractivity contribution in [2.24, 2.45) is 18.9 Å². The van der Waals surface area contributed by atoms with Crippen LogP contribution in [0.1, 0.15) is 80.4 Å². The van der Waals surface area contributed by atoms with E-state index in [1.165, 1.54) is 68.9 Å². The summed E-state index contributed by atoms with van der Waals surface area (Å²) in [6.45, 7) is 2.14. The molecule has 2 aromatic heterocycles. The normalized spacial score (nSPS) is 19.9. The van der Waals surface area contributed by atoms with E-state index < -0.39 is 0 Å².